The van der Waals surface area contributed by atoms with Gasteiger partial charge in [-0.1, -0.05) is 40.9 Å². The molecule has 2 nitrogen and oxygen atoms in total. The van der Waals surface area contributed by atoms with Crippen molar-refractivity contribution in [1.82, 2.24) is 9.97 Å². The fourth-order valence-corrected chi connectivity index (χ4v) is 5.32. The molecule has 1 unspecified atom stereocenters. The molecule has 0 aliphatic heterocycles. The van der Waals surface area contributed by atoms with Gasteiger partial charge < -0.3 is 4.98 Å². The number of aryl methyl sites for hydroxylation is 1. The summed E-state index contributed by atoms with van der Waals surface area (Å²) in [6.45, 7) is 0. The molecule has 0 aliphatic carbocycles. The Morgan fingerprint density at radius 3 is 2.54 bits per heavy atom. The van der Waals surface area contributed by atoms with Crippen molar-refractivity contribution in [3.8, 4) is 0 Å². The van der Waals surface area contributed by atoms with E-state index in [1.54, 1.807) is 29.3 Å². The lowest BCUT2D eigenvalue weighted by molar-refractivity contribution is 0.736. The van der Waals surface area contributed by atoms with Gasteiger partial charge >= 0.3 is 0 Å². The first-order valence-corrected chi connectivity index (χ1v) is 10.3. The summed E-state index contributed by atoms with van der Waals surface area (Å²) in [5, 5.41) is 1.70. The van der Waals surface area contributed by atoms with Crippen molar-refractivity contribution in [2.45, 2.75) is 29.4 Å². The molecule has 2 heterocycles. The summed E-state index contributed by atoms with van der Waals surface area (Å²) >= 11 is 22.0. The van der Waals surface area contributed by atoms with E-state index in [4.69, 9.17) is 34.8 Å². The first-order chi connectivity index (χ1) is 11.6. The van der Waals surface area contributed by atoms with Gasteiger partial charge in [-0.2, -0.15) is 0 Å². The summed E-state index contributed by atoms with van der Waals surface area (Å²) < 4.78 is 0.828. The molecule has 1 aromatic carbocycles. The summed E-state index contributed by atoms with van der Waals surface area (Å²) in [6, 6.07) is 9.65. The second kappa shape index (κ2) is 8.63. The number of nitrogens with zero attached hydrogens (tertiary/aromatic N) is 1. The number of thiophene rings is 1. The topological polar surface area (TPSA) is 28.7 Å². The summed E-state index contributed by atoms with van der Waals surface area (Å²) in [4.78, 5) is 9.74. The molecule has 2 aromatic heterocycles. The number of thioether (sulfide) groups is 1. The Hall–Kier alpha value is -0.650. The minimum atomic E-state index is 0.314. The Balaban J connectivity index is 1.73. The van der Waals surface area contributed by atoms with E-state index in [9.17, 15) is 0 Å². The Labute approximate surface area is 164 Å². The van der Waals surface area contributed by atoms with Crippen LogP contribution in [0.25, 0.3) is 0 Å². The van der Waals surface area contributed by atoms with Gasteiger partial charge in [0.05, 0.1) is 14.4 Å². The van der Waals surface area contributed by atoms with Crippen LogP contribution in [0.1, 0.15) is 17.1 Å². The van der Waals surface area contributed by atoms with Crippen LogP contribution in [0.4, 0.5) is 0 Å². The van der Waals surface area contributed by atoms with E-state index in [0.717, 1.165) is 34.3 Å². The van der Waals surface area contributed by atoms with Gasteiger partial charge in [-0.25, -0.2) is 4.98 Å². The Morgan fingerprint density at radius 1 is 1.12 bits per heavy atom. The third-order valence-electron chi connectivity index (χ3n) is 3.52. The van der Waals surface area contributed by atoms with E-state index >= 15 is 0 Å². The van der Waals surface area contributed by atoms with E-state index < -0.39 is 0 Å². The van der Waals surface area contributed by atoms with Crippen molar-refractivity contribution in [2.24, 2.45) is 0 Å². The maximum Gasteiger partial charge on any atom is 0.107 e. The summed E-state index contributed by atoms with van der Waals surface area (Å²) in [5.41, 5.74) is 0. The molecule has 0 saturated heterocycles. The van der Waals surface area contributed by atoms with Gasteiger partial charge in [0.2, 0.25) is 0 Å². The van der Waals surface area contributed by atoms with E-state index in [1.807, 2.05) is 30.5 Å². The highest BCUT2D eigenvalue weighted by atomic mass is 35.5. The number of rotatable bonds is 7. The zero-order chi connectivity index (χ0) is 16.9. The molecular weight excluding hydrogens is 403 g/mol. The molecule has 0 aliphatic rings. The quantitative estimate of drug-likeness (QED) is 0.430. The molecule has 3 aromatic rings. The first-order valence-electron chi connectivity index (χ1n) is 7.45. The molecule has 126 valence electrons. The normalized spacial score (nSPS) is 12.5. The second-order valence-corrected chi connectivity index (χ2v) is 9.20. The number of nitrogens with one attached hydrogen (secondary N) is 1. The number of aromatic amines is 1. The van der Waals surface area contributed by atoms with Crippen LogP contribution in [0.3, 0.4) is 0 Å². The van der Waals surface area contributed by atoms with E-state index in [-0.39, 0.29) is 0 Å². The monoisotopic (exact) mass is 416 g/mol. The van der Waals surface area contributed by atoms with Crippen LogP contribution in [0.15, 0.2) is 47.6 Å². The van der Waals surface area contributed by atoms with E-state index in [0.29, 0.717) is 15.3 Å². The average Bonchev–Trinajstić information content (AvgIpc) is 3.20. The predicted octanol–water partition coefficient (Wildman–Crippen LogP) is 6.77. The number of aromatic nitrogens is 2. The van der Waals surface area contributed by atoms with Crippen molar-refractivity contribution in [1.29, 1.82) is 0 Å². The lowest BCUT2D eigenvalue weighted by atomic mass is 10.1. The molecule has 0 bridgehead atoms. The standard InChI is InChI=1S/C17H15Cl3N2S2/c18-13-2-1-3-14(19)17(13)24-12(10-16-21-8-9-22-16)5-4-11-6-7-15(20)23-11/h1-3,6-9,12H,4-5,10H2,(H,21,22). The Kier molecular flexibility index (Phi) is 6.53. The van der Waals surface area contributed by atoms with Crippen LogP contribution in [-0.4, -0.2) is 15.2 Å². The molecule has 0 radical (unpaired) electrons. The number of hydrogen-bond donors (Lipinski definition) is 1. The lowest BCUT2D eigenvalue weighted by Crippen LogP contribution is -2.10. The van der Waals surface area contributed by atoms with Crippen molar-refractivity contribution in [2.75, 3.05) is 0 Å². The van der Waals surface area contributed by atoms with Crippen molar-refractivity contribution in [3.05, 3.63) is 67.8 Å². The largest absolute Gasteiger partial charge is 0.349 e. The smallest absolute Gasteiger partial charge is 0.107 e. The van der Waals surface area contributed by atoms with Gasteiger partial charge in [0, 0.05) is 33.8 Å². The molecule has 24 heavy (non-hydrogen) atoms. The van der Waals surface area contributed by atoms with Crippen molar-refractivity contribution < 1.29 is 0 Å². The molecule has 0 fully saturated rings. The van der Waals surface area contributed by atoms with Crippen LogP contribution < -0.4 is 0 Å². The number of halogens is 3. The summed E-state index contributed by atoms with van der Waals surface area (Å²) in [5.74, 6) is 0.972. The second-order valence-electron chi connectivity index (χ2n) is 5.28. The highest BCUT2D eigenvalue weighted by Gasteiger charge is 2.17. The number of benzene rings is 1. The Morgan fingerprint density at radius 2 is 1.92 bits per heavy atom. The molecule has 0 spiro atoms. The van der Waals surface area contributed by atoms with E-state index in [2.05, 4.69) is 16.0 Å². The fourth-order valence-electron chi connectivity index (χ4n) is 2.38. The zero-order valence-electron chi connectivity index (χ0n) is 12.6. The third-order valence-corrected chi connectivity index (χ3v) is 7.08. The van der Waals surface area contributed by atoms with Crippen molar-refractivity contribution >= 4 is 57.9 Å². The summed E-state index contributed by atoms with van der Waals surface area (Å²) in [7, 11) is 0. The average molecular weight is 418 g/mol. The summed E-state index contributed by atoms with van der Waals surface area (Å²) in [6.07, 6.45) is 6.41. The lowest BCUT2D eigenvalue weighted by Gasteiger charge is -2.17. The van der Waals surface area contributed by atoms with Crippen LogP contribution in [0.2, 0.25) is 14.4 Å². The highest BCUT2D eigenvalue weighted by molar-refractivity contribution is 8.00. The van der Waals surface area contributed by atoms with Gasteiger partial charge in [-0.05, 0) is 37.1 Å². The maximum atomic E-state index is 6.33. The van der Waals surface area contributed by atoms with Crippen molar-refractivity contribution in [3.63, 3.8) is 0 Å². The van der Waals surface area contributed by atoms with Crippen LogP contribution in [0.5, 0.6) is 0 Å². The Bertz CT molecular complexity index is 767. The zero-order valence-corrected chi connectivity index (χ0v) is 16.5. The molecule has 1 N–H and O–H groups in total. The van der Waals surface area contributed by atoms with Gasteiger partial charge in [-0.3, -0.25) is 0 Å². The predicted molar refractivity (Wildman–Crippen MR) is 106 cm³/mol. The van der Waals surface area contributed by atoms with Gasteiger partial charge in [0.15, 0.2) is 0 Å². The fraction of sp³-hybridized carbons (Fsp3) is 0.235. The number of H-pyrrole nitrogens is 1. The van der Waals surface area contributed by atoms with Crippen LogP contribution in [0, 0.1) is 0 Å². The van der Waals surface area contributed by atoms with Gasteiger partial charge in [-0.15, -0.1) is 23.1 Å². The SMILES string of the molecule is Clc1ccc(CCC(Cc2ncc[nH]2)Sc2c(Cl)cccc2Cl)s1. The van der Waals surface area contributed by atoms with E-state index in [1.165, 1.54) is 4.88 Å². The molecular formula is C17H15Cl3N2S2. The van der Waals surface area contributed by atoms with Crippen LogP contribution in [-0.2, 0) is 12.8 Å². The minimum absolute atomic E-state index is 0.314. The maximum absolute atomic E-state index is 6.33. The van der Waals surface area contributed by atoms with Gasteiger partial charge in [0.1, 0.15) is 5.82 Å². The third kappa shape index (κ3) is 4.93. The number of hydrogen-bond acceptors (Lipinski definition) is 3. The number of imidazole rings is 1. The minimum Gasteiger partial charge on any atom is -0.349 e. The molecule has 1 atom stereocenters. The molecule has 7 heteroatoms. The van der Waals surface area contributed by atoms with Gasteiger partial charge in [0.25, 0.3) is 0 Å². The molecule has 0 amide bonds. The molecule has 3 rings (SSSR count). The first kappa shape index (κ1) is 18.2. The highest BCUT2D eigenvalue weighted by Crippen LogP contribution is 2.38. The molecule has 0 saturated carbocycles. The van der Waals surface area contributed by atoms with Crippen LogP contribution >= 0.6 is 57.9 Å².